The Morgan fingerprint density at radius 1 is 1.00 bits per heavy atom. The summed E-state index contributed by atoms with van der Waals surface area (Å²) in [7, 11) is 0. The van der Waals surface area contributed by atoms with Gasteiger partial charge in [-0.1, -0.05) is 48.3 Å². The summed E-state index contributed by atoms with van der Waals surface area (Å²) in [4.78, 5) is 0. The average molecular weight is 300 g/mol. The number of nitrogens with one attached hydrogen (secondary N) is 2. The number of rotatable bonds is 6. The van der Waals surface area contributed by atoms with Crippen molar-refractivity contribution < 1.29 is 4.74 Å². The molecule has 1 unspecified atom stereocenters. The zero-order valence-corrected chi connectivity index (χ0v) is 12.7. The van der Waals surface area contributed by atoms with Crippen LogP contribution in [0.3, 0.4) is 0 Å². The molecular weight excluding hydrogens is 280 g/mol. The van der Waals surface area contributed by atoms with E-state index < -0.39 is 0 Å². The molecular formula is C17H20N2OS. The third kappa shape index (κ3) is 3.93. The summed E-state index contributed by atoms with van der Waals surface area (Å²) in [5.41, 5.74) is 2.47. The minimum atomic E-state index is 0.478. The zero-order chi connectivity index (χ0) is 14.3. The first-order valence-corrected chi connectivity index (χ1v) is 8.20. The van der Waals surface area contributed by atoms with Crippen LogP contribution >= 0.6 is 11.9 Å². The molecule has 1 atom stereocenters. The fourth-order valence-corrected chi connectivity index (χ4v) is 3.36. The van der Waals surface area contributed by atoms with Crippen LogP contribution in [0.15, 0.2) is 54.6 Å². The quantitative estimate of drug-likeness (QED) is 0.627. The van der Waals surface area contributed by atoms with Gasteiger partial charge in [-0.05, 0) is 24.6 Å². The van der Waals surface area contributed by atoms with Crippen molar-refractivity contribution in [3.8, 4) is 5.75 Å². The van der Waals surface area contributed by atoms with Gasteiger partial charge in [-0.25, -0.2) is 0 Å². The largest absolute Gasteiger partial charge is 0.493 e. The van der Waals surface area contributed by atoms with Gasteiger partial charge >= 0.3 is 0 Å². The maximum absolute atomic E-state index is 5.69. The first-order valence-electron chi connectivity index (χ1n) is 7.32. The highest BCUT2D eigenvalue weighted by molar-refractivity contribution is 7.97. The van der Waals surface area contributed by atoms with Gasteiger partial charge in [0.05, 0.1) is 11.9 Å². The van der Waals surface area contributed by atoms with E-state index in [1.807, 2.05) is 24.3 Å². The smallest absolute Gasteiger partial charge is 0.123 e. The topological polar surface area (TPSA) is 33.3 Å². The predicted molar refractivity (Wildman–Crippen MR) is 89.8 cm³/mol. The van der Waals surface area contributed by atoms with E-state index >= 15 is 0 Å². The molecule has 1 aliphatic heterocycles. The van der Waals surface area contributed by atoms with E-state index in [2.05, 4.69) is 40.4 Å². The monoisotopic (exact) mass is 300 g/mol. The molecule has 0 aromatic heterocycles. The second-order valence-electron chi connectivity index (χ2n) is 4.97. The number of hydrogen-bond donors (Lipinski definition) is 2. The van der Waals surface area contributed by atoms with Crippen LogP contribution in [-0.2, 0) is 0 Å². The third-order valence-electron chi connectivity index (χ3n) is 3.46. The molecule has 0 radical (unpaired) electrons. The summed E-state index contributed by atoms with van der Waals surface area (Å²) in [6, 6.07) is 18.6. The average Bonchev–Trinajstić information content (AvgIpc) is 2.56. The maximum Gasteiger partial charge on any atom is 0.123 e. The van der Waals surface area contributed by atoms with Crippen molar-refractivity contribution in [1.82, 2.24) is 4.72 Å². The molecule has 4 heteroatoms. The molecule has 0 aliphatic carbocycles. The summed E-state index contributed by atoms with van der Waals surface area (Å²) >= 11 is 1.81. The SMILES string of the molecule is c1ccc(NCCNSC2CCOc3ccccc32)cc1. The molecule has 2 aromatic rings. The van der Waals surface area contributed by atoms with Crippen molar-refractivity contribution in [2.45, 2.75) is 11.7 Å². The lowest BCUT2D eigenvalue weighted by molar-refractivity contribution is 0.286. The second kappa shape index (κ2) is 7.38. The van der Waals surface area contributed by atoms with Crippen LogP contribution in [0.4, 0.5) is 5.69 Å². The normalized spacial score (nSPS) is 16.9. The van der Waals surface area contributed by atoms with Gasteiger partial charge in [-0.15, -0.1) is 0 Å². The molecule has 2 aromatic carbocycles. The van der Waals surface area contributed by atoms with Crippen molar-refractivity contribution in [3.05, 3.63) is 60.2 Å². The highest BCUT2D eigenvalue weighted by atomic mass is 32.2. The molecule has 3 nitrogen and oxygen atoms in total. The highest BCUT2D eigenvalue weighted by Crippen LogP contribution is 2.39. The van der Waals surface area contributed by atoms with Crippen molar-refractivity contribution in [2.24, 2.45) is 0 Å². The van der Waals surface area contributed by atoms with Crippen LogP contribution in [0, 0.1) is 0 Å². The van der Waals surface area contributed by atoms with E-state index in [0.29, 0.717) is 5.25 Å². The summed E-state index contributed by atoms with van der Waals surface area (Å²) in [6.07, 6.45) is 1.06. The minimum absolute atomic E-state index is 0.478. The number of para-hydroxylation sites is 2. The van der Waals surface area contributed by atoms with Gasteiger partial charge in [-0.3, -0.25) is 4.72 Å². The Kier molecular flexibility index (Phi) is 5.03. The van der Waals surface area contributed by atoms with Gasteiger partial charge in [0.25, 0.3) is 0 Å². The number of ether oxygens (including phenoxy) is 1. The molecule has 1 heterocycles. The Balaban J connectivity index is 1.42. The molecule has 0 saturated heterocycles. The molecule has 3 rings (SSSR count). The van der Waals surface area contributed by atoms with Crippen molar-refractivity contribution >= 4 is 17.6 Å². The molecule has 0 bridgehead atoms. The number of benzene rings is 2. The van der Waals surface area contributed by atoms with Gasteiger partial charge in [0.1, 0.15) is 5.75 Å². The van der Waals surface area contributed by atoms with Gasteiger partial charge in [-0.2, -0.15) is 0 Å². The van der Waals surface area contributed by atoms with Crippen LogP contribution in [0.2, 0.25) is 0 Å². The van der Waals surface area contributed by atoms with E-state index in [1.54, 1.807) is 11.9 Å². The Hall–Kier alpha value is -1.65. The van der Waals surface area contributed by atoms with Gasteiger partial charge in [0.2, 0.25) is 0 Å². The van der Waals surface area contributed by atoms with Crippen LogP contribution in [0.5, 0.6) is 5.75 Å². The molecule has 0 saturated carbocycles. The van der Waals surface area contributed by atoms with Crippen molar-refractivity contribution in [1.29, 1.82) is 0 Å². The molecule has 0 spiro atoms. The van der Waals surface area contributed by atoms with Crippen LogP contribution in [-0.4, -0.2) is 19.7 Å². The van der Waals surface area contributed by atoms with Crippen LogP contribution in [0.1, 0.15) is 17.2 Å². The van der Waals surface area contributed by atoms with E-state index in [0.717, 1.165) is 31.9 Å². The number of fused-ring (bicyclic) bond motifs is 1. The molecule has 21 heavy (non-hydrogen) atoms. The van der Waals surface area contributed by atoms with E-state index in [9.17, 15) is 0 Å². The summed E-state index contributed by atoms with van der Waals surface area (Å²) in [5.74, 6) is 1.03. The zero-order valence-electron chi connectivity index (χ0n) is 11.9. The lowest BCUT2D eigenvalue weighted by Crippen LogP contribution is -2.20. The molecule has 0 amide bonds. The van der Waals surface area contributed by atoms with Gasteiger partial charge < -0.3 is 10.1 Å². The van der Waals surface area contributed by atoms with Crippen LogP contribution in [0.25, 0.3) is 0 Å². The van der Waals surface area contributed by atoms with E-state index in [-0.39, 0.29) is 0 Å². The van der Waals surface area contributed by atoms with E-state index in [1.165, 1.54) is 11.3 Å². The van der Waals surface area contributed by atoms with Crippen molar-refractivity contribution in [3.63, 3.8) is 0 Å². The first-order chi connectivity index (χ1) is 10.4. The lowest BCUT2D eigenvalue weighted by Gasteiger charge is -2.25. The lowest BCUT2D eigenvalue weighted by atomic mass is 10.1. The second-order valence-corrected chi connectivity index (χ2v) is 6.06. The predicted octanol–water partition coefficient (Wildman–Crippen LogP) is 3.86. The minimum Gasteiger partial charge on any atom is -0.493 e. The Labute approximate surface area is 130 Å². The number of hydrogen-bond acceptors (Lipinski definition) is 4. The first kappa shape index (κ1) is 14.3. The summed E-state index contributed by atoms with van der Waals surface area (Å²) in [6.45, 7) is 2.65. The molecule has 110 valence electrons. The van der Waals surface area contributed by atoms with Crippen LogP contribution < -0.4 is 14.8 Å². The number of anilines is 1. The van der Waals surface area contributed by atoms with Gasteiger partial charge in [0.15, 0.2) is 0 Å². The van der Waals surface area contributed by atoms with Crippen molar-refractivity contribution in [2.75, 3.05) is 25.0 Å². The Morgan fingerprint density at radius 3 is 2.71 bits per heavy atom. The standard InChI is InChI=1S/C17H20N2OS/c1-2-6-14(7-3-1)18-11-12-19-21-17-10-13-20-16-9-5-4-8-15(16)17/h1-9,17-19H,10-13H2. The molecule has 0 fully saturated rings. The fourth-order valence-electron chi connectivity index (χ4n) is 2.41. The highest BCUT2D eigenvalue weighted by Gasteiger charge is 2.21. The summed E-state index contributed by atoms with van der Waals surface area (Å²) in [5, 5.41) is 3.88. The maximum atomic E-state index is 5.69. The Morgan fingerprint density at radius 2 is 1.81 bits per heavy atom. The molecule has 1 aliphatic rings. The van der Waals surface area contributed by atoms with E-state index in [4.69, 9.17) is 4.74 Å². The molecule has 2 N–H and O–H groups in total. The summed E-state index contributed by atoms with van der Waals surface area (Å²) < 4.78 is 9.15. The van der Waals surface area contributed by atoms with Gasteiger partial charge in [0, 0.05) is 24.3 Å². The third-order valence-corrected chi connectivity index (χ3v) is 4.60. The Bertz CT molecular complexity index is 562. The fraction of sp³-hybridized carbons (Fsp3) is 0.294.